The first-order valence-electron chi connectivity index (χ1n) is 10.1. The summed E-state index contributed by atoms with van der Waals surface area (Å²) in [6.45, 7) is 6.19. The van der Waals surface area contributed by atoms with Crippen LogP contribution in [-0.2, 0) is 14.3 Å². The van der Waals surface area contributed by atoms with Gasteiger partial charge in [0.2, 0.25) is 5.78 Å². The van der Waals surface area contributed by atoms with E-state index in [1.54, 1.807) is 20.8 Å². The van der Waals surface area contributed by atoms with Crippen molar-refractivity contribution in [3.63, 3.8) is 0 Å². The van der Waals surface area contributed by atoms with Crippen LogP contribution < -0.4 is 10.0 Å². The number of amides is 1. The van der Waals surface area contributed by atoms with Gasteiger partial charge in [-0.15, -0.1) is 11.3 Å². The summed E-state index contributed by atoms with van der Waals surface area (Å²) in [7, 11) is 3.92. The third kappa shape index (κ3) is 4.15. The minimum Gasteiger partial charge on any atom is -0.872 e. The van der Waals surface area contributed by atoms with Crippen LogP contribution in [0.5, 0.6) is 0 Å². The van der Waals surface area contributed by atoms with Crippen molar-refractivity contribution in [1.82, 2.24) is 9.88 Å². The normalized spacial score (nSPS) is 18.3. The zero-order valence-corrected chi connectivity index (χ0v) is 19.1. The fraction of sp³-hybridized carbons (Fsp3) is 0.409. The van der Waals surface area contributed by atoms with Gasteiger partial charge in [0.1, 0.15) is 5.69 Å². The lowest BCUT2D eigenvalue weighted by molar-refractivity contribution is -0.857. The van der Waals surface area contributed by atoms with E-state index < -0.39 is 29.5 Å². The Morgan fingerprint density at radius 3 is 2.61 bits per heavy atom. The van der Waals surface area contributed by atoms with Crippen LogP contribution in [0.25, 0.3) is 5.76 Å². The van der Waals surface area contributed by atoms with Crippen molar-refractivity contribution in [2.24, 2.45) is 0 Å². The fourth-order valence-corrected chi connectivity index (χ4v) is 4.67. The van der Waals surface area contributed by atoms with Crippen LogP contribution in [0.1, 0.15) is 45.2 Å². The van der Waals surface area contributed by atoms with Crippen molar-refractivity contribution in [2.75, 3.05) is 33.8 Å². The smallest absolute Gasteiger partial charge is 0.355 e. The number of aromatic nitrogens is 1. The number of quaternary nitrogens is 1. The fourth-order valence-electron chi connectivity index (χ4n) is 3.82. The molecule has 0 saturated carbocycles. The van der Waals surface area contributed by atoms with Crippen LogP contribution >= 0.6 is 11.3 Å². The average Bonchev–Trinajstić information content (AvgIpc) is 3.39. The number of nitrogens with one attached hydrogen (secondary N) is 2. The highest BCUT2D eigenvalue weighted by atomic mass is 32.1. The highest BCUT2D eigenvalue weighted by Gasteiger charge is 2.45. The number of thiophene rings is 1. The second kappa shape index (κ2) is 9.07. The Hall–Kier alpha value is -2.91. The molecule has 8 nitrogen and oxygen atoms in total. The topological polar surface area (TPSA) is 107 Å². The van der Waals surface area contributed by atoms with Crippen molar-refractivity contribution in [2.45, 2.75) is 26.8 Å². The van der Waals surface area contributed by atoms with Gasteiger partial charge in [-0.2, -0.15) is 0 Å². The molecule has 1 aliphatic heterocycles. The van der Waals surface area contributed by atoms with E-state index >= 15 is 0 Å². The summed E-state index contributed by atoms with van der Waals surface area (Å²) in [5.74, 6) is -2.54. The number of H-pyrrole nitrogens is 1. The molecule has 1 fully saturated rings. The van der Waals surface area contributed by atoms with E-state index in [9.17, 15) is 19.5 Å². The number of aryl methyl sites for hydroxylation is 1. The average molecular weight is 446 g/mol. The van der Waals surface area contributed by atoms with E-state index in [2.05, 4.69) is 4.98 Å². The molecule has 1 saturated heterocycles. The lowest BCUT2D eigenvalue weighted by Crippen LogP contribution is -3.06. The second-order valence-electron chi connectivity index (χ2n) is 7.79. The van der Waals surface area contributed by atoms with Crippen LogP contribution in [0.2, 0.25) is 0 Å². The summed E-state index contributed by atoms with van der Waals surface area (Å²) >= 11 is 1.40. The largest absolute Gasteiger partial charge is 0.872 e. The lowest BCUT2D eigenvalue weighted by Gasteiger charge is -2.26. The van der Waals surface area contributed by atoms with Gasteiger partial charge in [0, 0.05) is 16.1 Å². The molecule has 2 N–H and O–H groups in total. The first-order valence-corrected chi connectivity index (χ1v) is 11.0. The maximum Gasteiger partial charge on any atom is 0.355 e. The molecular weight excluding hydrogens is 418 g/mol. The van der Waals surface area contributed by atoms with Crippen molar-refractivity contribution in [3.8, 4) is 0 Å². The van der Waals surface area contributed by atoms with Gasteiger partial charge >= 0.3 is 5.97 Å². The quantitative estimate of drug-likeness (QED) is 0.275. The zero-order chi connectivity index (χ0) is 22.9. The van der Waals surface area contributed by atoms with Crippen molar-refractivity contribution >= 4 is 34.8 Å². The number of ether oxygens (including phenoxy) is 1. The van der Waals surface area contributed by atoms with Gasteiger partial charge < -0.3 is 24.6 Å². The standard InChI is InChI=1S/C22H27N3O5S/c1-6-30-22(29)17-12(2)15(13(3)23-17)19(26)16-18(14-8-7-11-31-14)25(10-9-24(4)5)21(28)20(16)27/h7-8,11,18,23,26H,6,9-10H2,1-5H3. The van der Waals surface area contributed by atoms with Crippen molar-refractivity contribution in [1.29, 1.82) is 0 Å². The minimum atomic E-state index is -0.783. The molecule has 1 amide bonds. The molecule has 0 radical (unpaired) electrons. The Morgan fingerprint density at radius 1 is 1.32 bits per heavy atom. The summed E-state index contributed by atoms with van der Waals surface area (Å²) < 4.78 is 5.05. The summed E-state index contributed by atoms with van der Waals surface area (Å²) in [6.07, 6.45) is 0. The molecule has 166 valence electrons. The molecule has 1 aliphatic rings. The number of rotatable bonds is 7. The van der Waals surface area contributed by atoms with Crippen LogP contribution in [0.4, 0.5) is 0 Å². The highest BCUT2D eigenvalue weighted by Crippen LogP contribution is 2.41. The van der Waals surface area contributed by atoms with E-state index in [4.69, 9.17) is 4.74 Å². The number of aromatic amines is 1. The molecule has 0 spiro atoms. The van der Waals surface area contributed by atoms with Crippen LogP contribution in [0, 0.1) is 13.8 Å². The number of likely N-dealkylation sites (N-methyl/N-ethyl adjacent to an activating group) is 1. The molecule has 9 heteroatoms. The van der Waals surface area contributed by atoms with E-state index in [-0.39, 0.29) is 23.4 Å². The van der Waals surface area contributed by atoms with E-state index in [0.29, 0.717) is 24.3 Å². The van der Waals surface area contributed by atoms with Gasteiger partial charge in [-0.25, -0.2) is 4.79 Å². The lowest BCUT2D eigenvalue weighted by atomic mass is 9.97. The number of carbonyl (C=O) groups excluding carboxylic acids is 3. The van der Waals surface area contributed by atoms with Gasteiger partial charge in [-0.3, -0.25) is 9.59 Å². The third-order valence-corrected chi connectivity index (χ3v) is 6.26. The number of carbonyl (C=O) groups is 3. The first kappa shape index (κ1) is 22.8. The van der Waals surface area contributed by atoms with Gasteiger partial charge in [0.05, 0.1) is 39.8 Å². The molecular formula is C22H27N3O5S. The molecule has 3 heterocycles. The van der Waals surface area contributed by atoms with E-state index in [1.165, 1.54) is 16.2 Å². The summed E-state index contributed by atoms with van der Waals surface area (Å²) in [6, 6.07) is 2.92. The minimum absolute atomic E-state index is 0.0678. The van der Waals surface area contributed by atoms with Gasteiger partial charge in [0.25, 0.3) is 5.91 Å². The number of esters is 1. The van der Waals surface area contributed by atoms with Crippen molar-refractivity contribution < 1.29 is 29.1 Å². The molecule has 0 bridgehead atoms. The predicted octanol–water partition coefficient (Wildman–Crippen LogP) is 0.238. The maximum atomic E-state index is 13.6. The number of nitrogens with zero attached hydrogens (tertiary/aromatic N) is 1. The van der Waals surface area contributed by atoms with Gasteiger partial charge in [0.15, 0.2) is 0 Å². The molecule has 3 rings (SSSR count). The molecule has 0 aliphatic carbocycles. The van der Waals surface area contributed by atoms with Crippen LogP contribution in [-0.4, -0.2) is 61.3 Å². The number of ketones is 1. The Kier molecular flexibility index (Phi) is 6.66. The Labute approximate surface area is 185 Å². The molecule has 1 unspecified atom stereocenters. The molecule has 1 atom stereocenters. The predicted molar refractivity (Wildman–Crippen MR) is 115 cm³/mol. The summed E-state index contributed by atoms with van der Waals surface area (Å²) in [5.41, 5.74) is 1.22. The molecule has 2 aromatic heterocycles. The van der Waals surface area contributed by atoms with E-state index in [1.807, 2.05) is 31.6 Å². The van der Waals surface area contributed by atoms with E-state index in [0.717, 1.165) is 9.78 Å². The number of likely N-dealkylation sites (tertiary alicyclic amines) is 1. The first-order chi connectivity index (χ1) is 14.7. The second-order valence-corrected chi connectivity index (χ2v) is 8.77. The summed E-state index contributed by atoms with van der Waals surface area (Å²) in [5, 5.41) is 15.5. The van der Waals surface area contributed by atoms with Gasteiger partial charge in [-0.05, 0) is 43.3 Å². The zero-order valence-electron chi connectivity index (χ0n) is 18.3. The molecule has 2 aromatic rings. The monoisotopic (exact) mass is 445 g/mol. The van der Waals surface area contributed by atoms with Crippen LogP contribution in [0.15, 0.2) is 23.1 Å². The summed E-state index contributed by atoms with van der Waals surface area (Å²) in [4.78, 5) is 44.4. The number of hydrogen-bond donors (Lipinski definition) is 2. The Morgan fingerprint density at radius 2 is 2.03 bits per heavy atom. The van der Waals surface area contributed by atoms with Crippen molar-refractivity contribution in [3.05, 3.63) is 50.5 Å². The number of hydrogen-bond acceptors (Lipinski definition) is 6. The third-order valence-electron chi connectivity index (χ3n) is 5.34. The Balaban J connectivity index is 2.15. The van der Waals surface area contributed by atoms with Crippen LogP contribution in [0.3, 0.4) is 0 Å². The maximum absolute atomic E-state index is 13.6. The molecule has 31 heavy (non-hydrogen) atoms. The SMILES string of the molecule is CCOC(=O)c1[nH]c(C)c(C([O-])=C2C(=O)C(=O)N(CC[NH+](C)C)C2c2cccs2)c1C. The number of Topliss-reactive ketones (excluding diaryl/α,β-unsaturated/α-hetero) is 1. The van der Waals surface area contributed by atoms with Gasteiger partial charge in [-0.1, -0.05) is 11.8 Å². The molecule has 0 aromatic carbocycles. The highest BCUT2D eigenvalue weighted by molar-refractivity contribution is 7.10. The Bertz CT molecular complexity index is 1040.